The summed E-state index contributed by atoms with van der Waals surface area (Å²) in [6.07, 6.45) is 5.17. The number of nitrogens with zero attached hydrogens (tertiary/aromatic N) is 3. The number of nitrogens with one attached hydrogen (secondary N) is 1. The Morgan fingerprint density at radius 3 is 3.00 bits per heavy atom. The minimum Gasteiger partial charge on any atom is -0.462 e. The Kier molecular flexibility index (Phi) is 6.37. The lowest BCUT2D eigenvalue weighted by atomic mass is 10.1. The first kappa shape index (κ1) is 16.5. The van der Waals surface area contributed by atoms with Crippen LogP contribution in [0.1, 0.15) is 31.9 Å². The third-order valence-corrected chi connectivity index (χ3v) is 4.16. The van der Waals surface area contributed by atoms with E-state index in [0.29, 0.717) is 5.13 Å². The highest BCUT2D eigenvalue weighted by atomic mass is 32.1. The molecule has 1 aromatic rings. The van der Waals surface area contributed by atoms with Crippen molar-refractivity contribution in [2.75, 3.05) is 25.0 Å². The highest BCUT2D eigenvalue weighted by Crippen LogP contribution is 2.19. The van der Waals surface area contributed by atoms with Crippen LogP contribution in [0.25, 0.3) is 0 Å². The molecule has 1 fully saturated rings. The Hall–Kier alpha value is -1.91. The number of anilines is 1. The summed E-state index contributed by atoms with van der Waals surface area (Å²) in [6, 6.07) is 1.82. The molecule has 0 bridgehead atoms. The van der Waals surface area contributed by atoms with Crippen LogP contribution in [0.15, 0.2) is 17.2 Å². The topological polar surface area (TPSA) is 78.2 Å². The van der Waals surface area contributed by atoms with E-state index in [1.807, 2.05) is 11.4 Å². The predicted octanol–water partition coefficient (Wildman–Crippen LogP) is 2.51. The van der Waals surface area contributed by atoms with E-state index in [1.165, 1.54) is 36.8 Å². The molecule has 7 heteroatoms. The van der Waals surface area contributed by atoms with Crippen LogP contribution in [0.4, 0.5) is 5.13 Å². The molecular weight excluding hydrogens is 300 g/mol. The normalized spacial score (nSPS) is 16.1. The first-order chi connectivity index (χ1) is 10.7. The molecule has 22 heavy (non-hydrogen) atoms. The molecule has 1 aliphatic rings. The molecule has 118 valence electrons. The Balaban J connectivity index is 1.90. The van der Waals surface area contributed by atoms with Crippen molar-refractivity contribution in [1.29, 1.82) is 5.26 Å². The van der Waals surface area contributed by atoms with E-state index in [2.05, 4.69) is 15.2 Å². The van der Waals surface area contributed by atoms with Gasteiger partial charge in [-0.05, 0) is 32.9 Å². The van der Waals surface area contributed by atoms with Crippen LogP contribution in [0.5, 0.6) is 0 Å². The van der Waals surface area contributed by atoms with Crippen LogP contribution in [0.3, 0.4) is 0 Å². The molecular formula is C15H20N4O2S. The Morgan fingerprint density at radius 2 is 2.32 bits per heavy atom. The number of likely N-dealkylation sites (tertiary alicyclic amines) is 1. The van der Waals surface area contributed by atoms with Crippen molar-refractivity contribution in [3.05, 3.63) is 22.8 Å². The first-order valence-corrected chi connectivity index (χ1v) is 8.31. The van der Waals surface area contributed by atoms with Gasteiger partial charge in [0.15, 0.2) is 10.7 Å². The number of aromatic nitrogens is 1. The number of hydrogen-bond donors (Lipinski definition) is 1. The van der Waals surface area contributed by atoms with Gasteiger partial charge in [-0.1, -0.05) is 6.42 Å². The van der Waals surface area contributed by atoms with Gasteiger partial charge in [0.2, 0.25) is 0 Å². The molecule has 2 heterocycles. The smallest absolute Gasteiger partial charge is 0.350 e. The van der Waals surface area contributed by atoms with Crippen molar-refractivity contribution in [2.45, 2.75) is 32.7 Å². The van der Waals surface area contributed by atoms with Crippen molar-refractivity contribution in [3.63, 3.8) is 0 Å². The summed E-state index contributed by atoms with van der Waals surface area (Å²) in [6.45, 7) is 5.05. The number of thiazole rings is 1. The van der Waals surface area contributed by atoms with Gasteiger partial charge in [-0.25, -0.2) is 9.78 Å². The average molecular weight is 320 g/mol. The number of carbonyl (C=O) groups is 1. The van der Waals surface area contributed by atoms with Crippen molar-refractivity contribution >= 4 is 22.4 Å². The minimum atomic E-state index is -0.623. The van der Waals surface area contributed by atoms with E-state index in [-0.39, 0.29) is 12.2 Å². The predicted molar refractivity (Wildman–Crippen MR) is 85.2 cm³/mol. The van der Waals surface area contributed by atoms with Crippen LogP contribution < -0.4 is 5.32 Å². The monoisotopic (exact) mass is 320 g/mol. The Labute approximate surface area is 134 Å². The molecule has 0 atom stereocenters. The van der Waals surface area contributed by atoms with Crippen molar-refractivity contribution in [1.82, 2.24) is 9.88 Å². The number of piperidine rings is 1. The lowest BCUT2D eigenvalue weighted by molar-refractivity contribution is -0.138. The molecule has 0 radical (unpaired) electrons. The molecule has 1 saturated heterocycles. The molecule has 1 aliphatic heterocycles. The minimum absolute atomic E-state index is 0.0605. The Morgan fingerprint density at radius 1 is 1.55 bits per heavy atom. The fraction of sp³-hybridized carbons (Fsp3) is 0.533. The maximum Gasteiger partial charge on any atom is 0.350 e. The maximum atomic E-state index is 11.5. The van der Waals surface area contributed by atoms with Gasteiger partial charge in [0.1, 0.15) is 6.07 Å². The zero-order chi connectivity index (χ0) is 15.8. The van der Waals surface area contributed by atoms with Gasteiger partial charge in [0, 0.05) is 18.1 Å². The van der Waals surface area contributed by atoms with E-state index < -0.39 is 5.97 Å². The van der Waals surface area contributed by atoms with E-state index in [4.69, 9.17) is 10.00 Å². The van der Waals surface area contributed by atoms with Gasteiger partial charge in [0.25, 0.3) is 0 Å². The Bertz CT molecular complexity index is 570. The van der Waals surface area contributed by atoms with Gasteiger partial charge >= 0.3 is 5.97 Å². The molecule has 1 N–H and O–H groups in total. The molecule has 0 spiro atoms. The number of ether oxygens (including phenoxy) is 1. The first-order valence-electron chi connectivity index (χ1n) is 7.43. The lowest BCUT2D eigenvalue weighted by Crippen LogP contribution is -2.29. The zero-order valence-corrected chi connectivity index (χ0v) is 13.5. The van der Waals surface area contributed by atoms with Crippen LogP contribution in [0, 0.1) is 11.3 Å². The number of esters is 1. The van der Waals surface area contributed by atoms with Gasteiger partial charge in [-0.3, -0.25) is 4.90 Å². The van der Waals surface area contributed by atoms with E-state index in [0.717, 1.165) is 25.3 Å². The van der Waals surface area contributed by atoms with Crippen LogP contribution in [0.2, 0.25) is 0 Å². The molecule has 0 saturated carbocycles. The summed E-state index contributed by atoms with van der Waals surface area (Å²) >= 11 is 1.46. The summed E-state index contributed by atoms with van der Waals surface area (Å²) in [5.41, 5.74) is 0.951. The van der Waals surface area contributed by atoms with Gasteiger partial charge < -0.3 is 10.1 Å². The molecule has 2 rings (SSSR count). The van der Waals surface area contributed by atoms with E-state index in [1.54, 1.807) is 6.92 Å². The van der Waals surface area contributed by atoms with Crippen molar-refractivity contribution < 1.29 is 9.53 Å². The molecule has 0 amide bonds. The average Bonchev–Trinajstić information content (AvgIpc) is 2.97. The number of hydrogen-bond acceptors (Lipinski definition) is 7. The molecule has 1 aromatic heterocycles. The summed E-state index contributed by atoms with van der Waals surface area (Å²) in [7, 11) is 0. The highest BCUT2D eigenvalue weighted by Gasteiger charge is 2.13. The largest absolute Gasteiger partial charge is 0.462 e. The second kappa shape index (κ2) is 8.51. The fourth-order valence-electron chi connectivity index (χ4n) is 2.27. The number of nitriles is 1. The third kappa shape index (κ3) is 4.83. The lowest BCUT2D eigenvalue weighted by Gasteiger charge is -2.25. The van der Waals surface area contributed by atoms with Crippen LogP contribution >= 0.6 is 11.3 Å². The molecule has 0 unspecified atom stereocenters. The highest BCUT2D eigenvalue weighted by molar-refractivity contribution is 7.13. The third-order valence-electron chi connectivity index (χ3n) is 3.34. The number of carbonyl (C=O) groups excluding carboxylic acids is 1. The summed E-state index contributed by atoms with van der Waals surface area (Å²) in [5, 5.41) is 14.5. The van der Waals surface area contributed by atoms with Crippen LogP contribution in [-0.2, 0) is 16.1 Å². The summed E-state index contributed by atoms with van der Waals surface area (Å²) in [4.78, 5) is 18.4. The van der Waals surface area contributed by atoms with E-state index >= 15 is 0 Å². The summed E-state index contributed by atoms with van der Waals surface area (Å²) < 4.78 is 4.80. The van der Waals surface area contributed by atoms with Gasteiger partial charge in [-0.15, -0.1) is 11.3 Å². The molecule has 0 aromatic carbocycles. The molecule has 6 nitrogen and oxygen atoms in total. The molecule has 0 aliphatic carbocycles. The standard InChI is InChI=1S/C15H20N4O2S/c1-2-21-14(20)12(8-16)9-17-15-18-13(11-22-15)10-19-6-4-3-5-7-19/h9,11H,2-7,10H2,1H3,(H,17,18). The quantitative estimate of drug-likeness (QED) is 0.493. The second-order valence-corrected chi connectivity index (χ2v) is 5.87. The second-order valence-electron chi connectivity index (χ2n) is 5.02. The maximum absolute atomic E-state index is 11.5. The van der Waals surface area contributed by atoms with Crippen molar-refractivity contribution in [2.24, 2.45) is 0 Å². The van der Waals surface area contributed by atoms with Gasteiger partial charge in [-0.2, -0.15) is 5.26 Å². The van der Waals surface area contributed by atoms with Gasteiger partial charge in [0.05, 0.1) is 12.3 Å². The van der Waals surface area contributed by atoms with Crippen molar-refractivity contribution in [3.8, 4) is 6.07 Å². The van der Waals surface area contributed by atoms with E-state index in [9.17, 15) is 4.79 Å². The zero-order valence-electron chi connectivity index (χ0n) is 12.7. The number of rotatable bonds is 6. The summed E-state index contributed by atoms with van der Waals surface area (Å²) in [5.74, 6) is -0.623. The SMILES string of the molecule is CCOC(=O)C(C#N)=CNc1nc(CN2CCCCC2)cs1. The van der Waals surface area contributed by atoms with Crippen LogP contribution in [-0.4, -0.2) is 35.5 Å². The fourth-order valence-corrected chi connectivity index (χ4v) is 2.94.